The van der Waals surface area contributed by atoms with Crippen LogP contribution in [0.1, 0.15) is 19.3 Å². The van der Waals surface area contributed by atoms with Crippen LogP contribution >= 0.6 is 24.0 Å². The fourth-order valence-electron chi connectivity index (χ4n) is 2.51. The Kier molecular flexibility index (Phi) is 4.65. The van der Waals surface area contributed by atoms with E-state index >= 15 is 0 Å². The van der Waals surface area contributed by atoms with Crippen molar-refractivity contribution in [3.63, 3.8) is 0 Å². The van der Waals surface area contributed by atoms with Gasteiger partial charge in [0, 0.05) is 32.2 Å². The molecular weight excluding hydrogens is 271 g/mol. The maximum Gasteiger partial charge on any atom is 0.225 e. The van der Waals surface area contributed by atoms with Crippen molar-refractivity contribution in [3.05, 3.63) is 17.4 Å². The molecule has 100 valence electrons. The topological polar surface area (TPSA) is 32.3 Å². The van der Waals surface area contributed by atoms with Crippen LogP contribution in [-0.2, 0) is 0 Å². The van der Waals surface area contributed by atoms with E-state index in [1.54, 1.807) is 12.4 Å². The van der Waals surface area contributed by atoms with Gasteiger partial charge in [0.15, 0.2) is 0 Å². The zero-order valence-corrected chi connectivity index (χ0v) is 11.8. The molecule has 3 rings (SSSR count). The van der Waals surface area contributed by atoms with E-state index in [-0.39, 0.29) is 12.4 Å². The summed E-state index contributed by atoms with van der Waals surface area (Å²) in [6.07, 6.45) is 7.52. The molecule has 0 spiro atoms. The third-order valence-corrected chi connectivity index (χ3v) is 3.99. The third kappa shape index (κ3) is 2.87. The lowest BCUT2D eigenvalue weighted by Crippen LogP contribution is -2.52. The highest BCUT2D eigenvalue weighted by Gasteiger charge is 2.28. The second-order valence-corrected chi connectivity index (χ2v) is 5.25. The van der Waals surface area contributed by atoms with Crippen LogP contribution in [0.5, 0.6) is 0 Å². The van der Waals surface area contributed by atoms with Gasteiger partial charge in [0.25, 0.3) is 0 Å². The molecule has 0 N–H and O–H groups in total. The van der Waals surface area contributed by atoms with Gasteiger partial charge in [-0.05, 0) is 12.8 Å². The lowest BCUT2D eigenvalue weighted by molar-refractivity contribution is 0.120. The number of piperazine rings is 1. The summed E-state index contributed by atoms with van der Waals surface area (Å²) in [5, 5.41) is 0.599. The van der Waals surface area contributed by atoms with Crippen molar-refractivity contribution in [3.8, 4) is 0 Å². The first-order chi connectivity index (χ1) is 8.33. The molecule has 0 amide bonds. The summed E-state index contributed by atoms with van der Waals surface area (Å²) < 4.78 is 0. The van der Waals surface area contributed by atoms with Gasteiger partial charge in [-0.3, -0.25) is 4.90 Å². The first-order valence-corrected chi connectivity index (χ1v) is 6.67. The minimum atomic E-state index is 0. The van der Waals surface area contributed by atoms with Gasteiger partial charge in [0.1, 0.15) is 0 Å². The predicted octanol–water partition coefficient (Wildman–Crippen LogP) is 2.23. The van der Waals surface area contributed by atoms with Gasteiger partial charge in [0.05, 0.1) is 17.4 Å². The first kappa shape index (κ1) is 13.8. The Hall–Kier alpha value is -0.580. The molecule has 0 atom stereocenters. The van der Waals surface area contributed by atoms with Gasteiger partial charge >= 0.3 is 0 Å². The largest absolute Gasteiger partial charge is 0.338 e. The van der Waals surface area contributed by atoms with Crippen molar-refractivity contribution in [1.29, 1.82) is 0 Å². The normalized spacial score (nSPS) is 21.3. The van der Waals surface area contributed by atoms with Crippen molar-refractivity contribution >= 4 is 30.0 Å². The molecule has 2 fully saturated rings. The van der Waals surface area contributed by atoms with Gasteiger partial charge in [-0.2, -0.15) is 0 Å². The molecule has 0 aromatic carbocycles. The van der Waals surface area contributed by atoms with Crippen molar-refractivity contribution < 1.29 is 0 Å². The lowest BCUT2D eigenvalue weighted by Gasteiger charge is -2.42. The lowest BCUT2D eigenvalue weighted by atomic mass is 9.91. The molecule has 1 aromatic heterocycles. The summed E-state index contributed by atoms with van der Waals surface area (Å²) in [5.41, 5.74) is 0. The van der Waals surface area contributed by atoms with E-state index in [1.165, 1.54) is 19.3 Å². The quantitative estimate of drug-likeness (QED) is 0.835. The predicted molar refractivity (Wildman–Crippen MR) is 75.7 cm³/mol. The Morgan fingerprint density at radius 1 is 1.06 bits per heavy atom. The number of hydrogen-bond donors (Lipinski definition) is 0. The van der Waals surface area contributed by atoms with Crippen LogP contribution in [-0.4, -0.2) is 47.1 Å². The van der Waals surface area contributed by atoms with E-state index in [4.69, 9.17) is 11.6 Å². The van der Waals surface area contributed by atoms with Gasteiger partial charge in [0.2, 0.25) is 5.95 Å². The summed E-state index contributed by atoms with van der Waals surface area (Å²) in [7, 11) is 0. The molecule has 1 saturated carbocycles. The number of anilines is 1. The highest BCUT2D eigenvalue weighted by atomic mass is 35.5. The molecule has 0 radical (unpaired) electrons. The fraction of sp³-hybridized carbons (Fsp3) is 0.667. The van der Waals surface area contributed by atoms with E-state index in [2.05, 4.69) is 19.8 Å². The number of aromatic nitrogens is 2. The molecule has 4 nitrogen and oxygen atoms in total. The summed E-state index contributed by atoms with van der Waals surface area (Å²) >= 11 is 5.79. The summed E-state index contributed by atoms with van der Waals surface area (Å²) in [4.78, 5) is 13.4. The van der Waals surface area contributed by atoms with E-state index < -0.39 is 0 Å². The van der Waals surface area contributed by atoms with Crippen molar-refractivity contribution in [2.24, 2.45) is 0 Å². The summed E-state index contributed by atoms with van der Waals surface area (Å²) in [5.74, 6) is 0.808. The maximum atomic E-state index is 5.79. The molecule has 18 heavy (non-hydrogen) atoms. The number of nitrogens with zero attached hydrogens (tertiary/aromatic N) is 4. The highest BCUT2D eigenvalue weighted by molar-refractivity contribution is 6.30. The molecule has 0 bridgehead atoms. The third-order valence-electron chi connectivity index (χ3n) is 3.79. The number of halogens is 2. The van der Waals surface area contributed by atoms with Crippen LogP contribution in [0.3, 0.4) is 0 Å². The minimum Gasteiger partial charge on any atom is -0.338 e. The maximum absolute atomic E-state index is 5.79. The Bertz CT molecular complexity index is 372. The molecular formula is C12H18Cl2N4. The van der Waals surface area contributed by atoms with Crippen molar-refractivity contribution in [2.75, 3.05) is 31.1 Å². The fourth-order valence-corrected chi connectivity index (χ4v) is 2.61. The molecule has 1 saturated heterocycles. The first-order valence-electron chi connectivity index (χ1n) is 6.29. The Morgan fingerprint density at radius 3 is 2.17 bits per heavy atom. The highest BCUT2D eigenvalue weighted by Crippen LogP contribution is 2.26. The molecule has 1 aliphatic carbocycles. The van der Waals surface area contributed by atoms with Gasteiger partial charge in [-0.1, -0.05) is 18.0 Å². The molecule has 0 unspecified atom stereocenters. The smallest absolute Gasteiger partial charge is 0.225 e. The Labute approximate surface area is 119 Å². The standard InChI is InChI=1S/C12H17ClN4.ClH/c13-10-8-14-12(15-9-10)17-6-4-16(5-7-17)11-2-1-3-11;/h8-9,11H,1-7H2;1H. The van der Waals surface area contributed by atoms with Crippen LogP contribution in [0, 0.1) is 0 Å². The SMILES string of the molecule is Cl.Clc1cnc(N2CCN(C3CCC3)CC2)nc1. The molecule has 1 aromatic rings. The summed E-state index contributed by atoms with van der Waals surface area (Å²) in [6, 6.07) is 0.850. The van der Waals surface area contributed by atoms with E-state index in [0.717, 1.165) is 38.2 Å². The molecule has 1 aliphatic heterocycles. The van der Waals surface area contributed by atoms with Crippen LogP contribution in [0.4, 0.5) is 5.95 Å². The summed E-state index contributed by atoms with van der Waals surface area (Å²) in [6.45, 7) is 4.32. The zero-order valence-electron chi connectivity index (χ0n) is 10.3. The molecule has 2 aliphatic rings. The molecule has 6 heteroatoms. The number of rotatable bonds is 2. The van der Waals surface area contributed by atoms with Crippen molar-refractivity contribution in [1.82, 2.24) is 14.9 Å². The zero-order chi connectivity index (χ0) is 11.7. The van der Waals surface area contributed by atoms with E-state index in [9.17, 15) is 0 Å². The second-order valence-electron chi connectivity index (χ2n) is 4.81. The van der Waals surface area contributed by atoms with Gasteiger partial charge < -0.3 is 4.90 Å². The van der Waals surface area contributed by atoms with Crippen LogP contribution in [0.15, 0.2) is 12.4 Å². The van der Waals surface area contributed by atoms with Gasteiger partial charge in [-0.25, -0.2) is 9.97 Å². The average molecular weight is 289 g/mol. The number of hydrogen-bond acceptors (Lipinski definition) is 4. The monoisotopic (exact) mass is 288 g/mol. The minimum absolute atomic E-state index is 0. The van der Waals surface area contributed by atoms with E-state index in [0.29, 0.717) is 5.02 Å². The average Bonchev–Trinajstić information content (AvgIpc) is 2.29. The van der Waals surface area contributed by atoms with E-state index in [1.807, 2.05) is 0 Å². The van der Waals surface area contributed by atoms with Crippen LogP contribution in [0.2, 0.25) is 5.02 Å². The van der Waals surface area contributed by atoms with Crippen LogP contribution in [0.25, 0.3) is 0 Å². The molecule has 2 heterocycles. The Morgan fingerprint density at radius 2 is 1.67 bits per heavy atom. The Balaban J connectivity index is 0.00000120. The van der Waals surface area contributed by atoms with Gasteiger partial charge in [-0.15, -0.1) is 12.4 Å². The second kappa shape index (κ2) is 6.04. The van der Waals surface area contributed by atoms with Crippen LogP contribution < -0.4 is 4.90 Å². The van der Waals surface area contributed by atoms with Crippen molar-refractivity contribution in [2.45, 2.75) is 25.3 Å².